The van der Waals surface area contributed by atoms with Crippen LogP contribution >= 0.6 is 23.2 Å². The van der Waals surface area contributed by atoms with Gasteiger partial charge in [0.05, 0.1) is 31.4 Å². The Labute approximate surface area is 193 Å². The van der Waals surface area contributed by atoms with E-state index in [4.69, 9.17) is 23.2 Å². The molecule has 0 amide bonds. The molecule has 1 aromatic heterocycles. The van der Waals surface area contributed by atoms with Crippen LogP contribution in [0.25, 0.3) is 10.9 Å². The summed E-state index contributed by atoms with van der Waals surface area (Å²) in [4.78, 5) is 5.25. The summed E-state index contributed by atoms with van der Waals surface area (Å²) in [5.41, 5.74) is 1.46. The van der Waals surface area contributed by atoms with Gasteiger partial charge in [-0.05, 0) is 69.4 Å². The van der Waals surface area contributed by atoms with E-state index < -0.39 is 21.0 Å². The fraction of sp³-hybridized carbons (Fsp3) is 0.300. The monoisotopic (exact) mass is 500 g/mol. The van der Waals surface area contributed by atoms with Gasteiger partial charge in [-0.3, -0.25) is 4.72 Å². The van der Waals surface area contributed by atoms with Gasteiger partial charge in [0, 0.05) is 17.3 Å². The molecule has 0 saturated carbocycles. The first-order chi connectivity index (χ1) is 14.7. The van der Waals surface area contributed by atoms with Crippen LogP contribution in [0.15, 0.2) is 47.5 Å². The maximum absolute atomic E-state index is 12.9. The molecule has 0 aliphatic carbocycles. The average molecular weight is 501 g/mol. The molecule has 0 radical (unpaired) electrons. The number of rotatable bonds is 6. The number of anilines is 2. The van der Waals surface area contributed by atoms with Crippen LogP contribution in [-0.2, 0) is 21.0 Å². The lowest BCUT2D eigenvalue weighted by atomic mass is 10.1. The van der Waals surface area contributed by atoms with Crippen LogP contribution in [0.4, 0.5) is 11.4 Å². The van der Waals surface area contributed by atoms with Gasteiger partial charge in [0.15, 0.2) is 0 Å². The number of benzene rings is 2. The van der Waals surface area contributed by atoms with E-state index >= 15 is 0 Å². The van der Waals surface area contributed by atoms with Crippen molar-refractivity contribution in [3.05, 3.63) is 52.6 Å². The summed E-state index contributed by atoms with van der Waals surface area (Å²) in [6.45, 7) is 1.84. The van der Waals surface area contributed by atoms with Crippen molar-refractivity contribution in [3.63, 3.8) is 0 Å². The SMILES string of the molecule is CN1CCC(S(=O)Nc2ccc(S(=O)(=O)Nc3ccc(Cl)c4c(Cl)c[nH]c34)cc2)CC1. The van der Waals surface area contributed by atoms with E-state index in [-0.39, 0.29) is 10.1 Å². The molecule has 7 nitrogen and oxygen atoms in total. The van der Waals surface area contributed by atoms with E-state index in [2.05, 4.69) is 26.4 Å². The normalized spacial score (nSPS) is 17.0. The van der Waals surface area contributed by atoms with Crippen LogP contribution in [0, 0.1) is 0 Å². The maximum Gasteiger partial charge on any atom is 0.261 e. The first kappa shape index (κ1) is 22.4. The van der Waals surface area contributed by atoms with Gasteiger partial charge in [-0.15, -0.1) is 0 Å². The van der Waals surface area contributed by atoms with Crippen LogP contribution in [0.2, 0.25) is 10.0 Å². The quantitative estimate of drug-likeness (QED) is 0.466. The molecule has 1 aliphatic rings. The smallest absolute Gasteiger partial charge is 0.261 e. The highest BCUT2D eigenvalue weighted by Crippen LogP contribution is 2.35. The van der Waals surface area contributed by atoms with Crippen molar-refractivity contribution in [2.75, 3.05) is 29.6 Å². The molecule has 1 atom stereocenters. The van der Waals surface area contributed by atoms with Gasteiger partial charge in [-0.25, -0.2) is 12.6 Å². The number of nitrogens with zero attached hydrogens (tertiary/aromatic N) is 1. The molecule has 1 aliphatic heterocycles. The summed E-state index contributed by atoms with van der Waals surface area (Å²) >= 11 is 12.3. The topological polar surface area (TPSA) is 94.3 Å². The van der Waals surface area contributed by atoms with Gasteiger partial charge in [-0.2, -0.15) is 0 Å². The Kier molecular flexibility index (Phi) is 6.50. The zero-order valence-electron chi connectivity index (χ0n) is 16.7. The van der Waals surface area contributed by atoms with Gasteiger partial charge >= 0.3 is 0 Å². The van der Waals surface area contributed by atoms with Gasteiger partial charge in [0.25, 0.3) is 10.0 Å². The van der Waals surface area contributed by atoms with E-state index in [0.29, 0.717) is 32.3 Å². The van der Waals surface area contributed by atoms with Crippen molar-refractivity contribution < 1.29 is 12.6 Å². The number of aromatic amines is 1. The number of nitrogens with one attached hydrogen (secondary N) is 3. The number of piperidine rings is 1. The number of halogens is 2. The van der Waals surface area contributed by atoms with Crippen molar-refractivity contribution >= 4 is 66.5 Å². The Morgan fingerprint density at radius 2 is 1.74 bits per heavy atom. The molecule has 11 heteroatoms. The number of likely N-dealkylation sites (tertiary alicyclic amines) is 1. The van der Waals surface area contributed by atoms with Crippen LogP contribution in [0.5, 0.6) is 0 Å². The molecule has 3 N–H and O–H groups in total. The molecule has 1 unspecified atom stereocenters. The highest BCUT2D eigenvalue weighted by Gasteiger charge is 2.23. The Bertz CT molecular complexity index is 1220. The minimum atomic E-state index is -3.85. The molecule has 4 rings (SSSR count). The Balaban J connectivity index is 1.48. The maximum atomic E-state index is 12.9. The molecule has 2 heterocycles. The summed E-state index contributed by atoms with van der Waals surface area (Å²) in [7, 11) is -3.01. The molecule has 0 bridgehead atoms. The second-order valence-electron chi connectivity index (χ2n) is 7.51. The zero-order valence-corrected chi connectivity index (χ0v) is 19.8. The van der Waals surface area contributed by atoms with Crippen molar-refractivity contribution in [3.8, 4) is 0 Å². The molecule has 31 heavy (non-hydrogen) atoms. The number of aromatic nitrogens is 1. The first-order valence-electron chi connectivity index (χ1n) is 9.68. The standard InChI is InChI=1S/C20H22Cl2N4O3S2/c1-26-10-8-14(9-11-26)30(27)24-13-2-4-15(5-3-13)31(28,29)25-18-7-6-16(21)19-17(22)12-23-20(18)19/h2-7,12,14,23-25H,8-11H2,1H3. The van der Waals surface area contributed by atoms with Crippen molar-refractivity contribution in [1.82, 2.24) is 9.88 Å². The first-order valence-corrected chi connectivity index (χ1v) is 13.1. The van der Waals surface area contributed by atoms with Crippen LogP contribution < -0.4 is 9.44 Å². The zero-order chi connectivity index (χ0) is 22.2. The third-order valence-corrected chi connectivity index (χ3v) is 8.84. The second kappa shape index (κ2) is 8.99. The molecular formula is C20H22Cl2N4O3S2. The number of hydrogen-bond donors (Lipinski definition) is 3. The number of sulfonamides is 1. The number of H-pyrrole nitrogens is 1. The Morgan fingerprint density at radius 1 is 1.06 bits per heavy atom. The van der Waals surface area contributed by atoms with E-state index in [9.17, 15) is 12.6 Å². The molecule has 3 aromatic rings. The lowest BCUT2D eigenvalue weighted by Crippen LogP contribution is -2.36. The van der Waals surface area contributed by atoms with Gasteiger partial charge < -0.3 is 14.6 Å². The molecular weight excluding hydrogens is 479 g/mol. The van der Waals surface area contributed by atoms with Crippen molar-refractivity contribution in [1.29, 1.82) is 0 Å². The Hall–Kier alpha value is -1.78. The summed E-state index contributed by atoms with van der Waals surface area (Å²) in [5, 5.41) is 1.48. The van der Waals surface area contributed by atoms with E-state index in [1.807, 2.05) is 0 Å². The average Bonchev–Trinajstić information content (AvgIpc) is 3.14. The fourth-order valence-electron chi connectivity index (χ4n) is 3.56. The van der Waals surface area contributed by atoms with Crippen molar-refractivity contribution in [2.24, 2.45) is 0 Å². The van der Waals surface area contributed by atoms with Gasteiger partial charge in [0.2, 0.25) is 0 Å². The number of hydrogen-bond acceptors (Lipinski definition) is 4. The minimum Gasteiger partial charge on any atom is -0.358 e. The minimum absolute atomic E-state index is 0.0845. The Morgan fingerprint density at radius 3 is 2.42 bits per heavy atom. The molecule has 1 fully saturated rings. The molecule has 1 saturated heterocycles. The van der Waals surface area contributed by atoms with Crippen LogP contribution in [0.3, 0.4) is 0 Å². The predicted molar refractivity (Wildman–Crippen MR) is 128 cm³/mol. The lowest BCUT2D eigenvalue weighted by molar-refractivity contribution is 0.280. The molecule has 166 valence electrons. The summed E-state index contributed by atoms with van der Waals surface area (Å²) in [5.74, 6) is 0. The van der Waals surface area contributed by atoms with E-state index in [1.54, 1.807) is 30.5 Å². The predicted octanol–water partition coefficient (Wildman–Crippen LogP) is 4.45. The third kappa shape index (κ3) is 4.85. The lowest BCUT2D eigenvalue weighted by Gasteiger charge is -2.28. The highest BCUT2D eigenvalue weighted by molar-refractivity contribution is 7.92. The fourth-order valence-corrected chi connectivity index (χ4v) is 6.36. The second-order valence-corrected chi connectivity index (χ2v) is 11.5. The molecule has 0 spiro atoms. The van der Waals surface area contributed by atoms with E-state index in [1.165, 1.54) is 12.1 Å². The van der Waals surface area contributed by atoms with Gasteiger partial charge in [-0.1, -0.05) is 23.2 Å². The summed E-state index contributed by atoms with van der Waals surface area (Å²) in [6, 6.07) is 9.36. The van der Waals surface area contributed by atoms with E-state index in [0.717, 1.165) is 25.9 Å². The highest BCUT2D eigenvalue weighted by atomic mass is 35.5. The van der Waals surface area contributed by atoms with Crippen LogP contribution in [-0.4, -0.2) is 47.9 Å². The largest absolute Gasteiger partial charge is 0.358 e. The molecule has 2 aromatic carbocycles. The summed E-state index contributed by atoms with van der Waals surface area (Å²) < 4.78 is 43.9. The van der Waals surface area contributed by atoms with Crippen molar-refractivity contribution in [2.45, 2.75) is 23.0 Å². The summed E-state index contributed by atoms with van der Waals surface area (Å²) in [6.07, 6.45) is 3.29. The number of fused-ring (bicyclic) bond motifs is 1. The van der Waals surface area contributed by atoms with Gasteiger partial charge in [0.1, 0.15) is 11.0 Å². The third-order valence-electron chi connectivity index (χ3n) is 5.33. The van der Waals surface area contributed by atoms with Crippen LogP contribution in [0.1, 0.15) is 12.8 Å².